The lowest BCUT2D eigenvalue weighted by Gasteiger charge is -2.14. The maximum atomic E-state index is 8.85. The van der Waals surface area contributed by atoms with Crippen molar-refractivity contribution in [3.8, 4) is 28.5 Å². The van der Waals surface area contributed by atoms with E-state index in [-0.39, 0.29) is 6.61 Å². The third kappa shape index (κ3) is 3.11. The molecule has 0 unspecified atom stereocenters. The highest BCUT2D eigenvalue weighted by Crippen LogP contribution is 2.43. The van der Waals surface area contributed by atoms with E-state index in [9.17, 15) is 0 Å². The summed E-state index contributed by atoms with van der Waals surface area (Å²) in [6, 6.07) is 5.46. The van der Waals surface area contributed by atoms with Gasteiger partial charge in [-0.2, -0.15) is 0 Å². The number of aromatic nitrogens is 1. The number of aliphatic hydroxyl groups is 1. The maximum absolute atomic E-state index is 8.85. The molecule has 6 heteroatoms. The van der Waals surface area contributed by atoms with Crippen LogP contribution in [0.25, 0.3) is 11.3 Å². The lowest BCUT2D eigenvalue weighted by atomic mass is 10.1. The zero-order valence-corrected chi connectivity index (χ0v) is 12.4. The lowest BCUT2D eigenvalue weighted by Crippen LogP contribution is -1.96. The summed E-state index contributed by atoms with van der Waals surface area (Å²) < 4.78 is 21.3. The van der Waals surface area contributed by atoms with E-state index in [0.29, 0.717) is 35.8 Å². The summed E-state index contributed by atoms with van der Waals surface area (Å²) in [5, 5.41) is 12.9. The standard InChI is InChI=1S/C15H19NO5/c1-18-13-7-6-11(14(19-2)15(13)20-3)12-9-10(21-16-12)5-4-8-17/h6-7,9,17H,4-5,8H2,1-3H3. The van der Waals surface area contributed by atoms with E-state index in [1.807, 2.05) is 12.1 Å². The van der Waals surface area contributed by atoms with Gasteiger partial charge >= 0.3 is 0 Å². The lowest BCUT2D eigenvalue weighted by molar-refractivity contribution is 0.280. The Balaban J connectivity index is 2.41. The molecule has 21 heavy (non-hydrogen) atoms. The molecular formula is C15H19NO5. The Morgan fingerprint density at radius 2 is 1.86 bits per heavy atom. The molecule has 0 radical (unpaired) electrons. The number of ether oxygens (including phenoxy) is 3. The van der Waals surface area contributed by atoms with Crippen molar-refractivity contribution in [2.75, 3.05) is 27.9 Å². The van der Waals surface area contributed by atoms with Gasteiger partial charge in [-0.25, -0.2) is 0 Å². The van der Waals surface area contributed by atoms with Crippen molar-refractivity contribution < 1.29 is 23.8 Å². The molecule has 1 heterocycles. The van der Waals surface area contributed by atoms with E-state index >= 15 is 0 Å². The Labute approximate surface area is 123 Å². The average molecular weight is 293 g/mol. The van der Waals surface area contributed by atoms with Crippen molar-refractivity contribution in [3.63, 3.8) is 0 Å². The molecular weight excluding hydrogens is 274 g/mol. The third-order valence-electron chi connectivity index (χ3n) is 3.12. The molecule has 0 spiro atoms. The van der Waals surface area contributed by atoms with Gasteiger partial charge in [-0.15, -0.1) is 0 Å². The summed E-state index contributed by atoms with van der Waals surface area (Å²) in [6.07, 6.45) is 1.27. The monoisotopic (exact) mass is 293 g/mol. The van der Waals surface area contributed by atoms with Crippen LogP contribution in [-0.2, 0) is 6.42 Å². The van der Waals surface area contributed by atoms with Gasteiger partial charge in [0.2, 0.25) is 5.75 Å². The number of hydrogen-bond donors (Lipinski definition) is 1. The first-order valence-corrected chi connectivity index (χ1v) is 6.61. The molecule has 1 aromatic carbocycles. The van der Waals surface area contributed by atoms with Crippen LogP contribution in [0.1, 0.15) is 12.2 Å². The van der Waals surface area contributed by atoms with Crippen LogP contribution in [0.15, 0.2) is 22.7 Å². The van der Waals surface area contributed by atoms with Crippen LogP contribution in [0.5, 0.6) is 17.2 Å². The van der Waals surface area contributed by atoms with Crippen LogP contribution < -0.4 is 14.2 Å². The maximum Gasteiger partial charge on any atom is 0.203 e. The number of rotatable bonds is 7. The van der Waals surface area contributed by atoms with Gasteiger partial charge in [0.1, 0.15) is 11.5 Å². The third-order valence-corrected chi connectivity index (χ3v) is 3.12. The molecule has 0 bridgehead atoms. The van der Waals surface area contributed by atoms with Crippen LogP contribution in [0.2, 0.25) is 0 Å². The minimum Gasteiger partial charge on any atom is -0.493 e. The SMILES string of the molecule is COc1ccc(-c2cc(CCCO)on2)c(OC)c1OC. The molecule has 0 aliphatic heterocycles. The first kappa shape index (κ1) is 15.2. The Morgan fingerprint density at radius 3 is 2.48 bits per heavy atom. The summed E-state index contributed by atoms with van der Waals surface area (Å²) >= 11 is 0. The van der Waals surface area contributed by atoms with Gasteiger partial charge in [0, 0.05) is 24.7 Å². The predicted octanol–water partition coefficient (Wildman–Crippen LogP) is 2.29. The number of benzene rings is 1. The first-order valence-electron chi connectivity index (χ1n) is 6.61. The van der Waals surface area contributed by atoms with Gasteiger partial charge < -0.3 is 23.8 Å². The molecule has 114 valence electrons. The Kier molecular flexibility index (Phi) is 5.05. The number of methoxy groups -OCH3 is 3. The second kappa shape index (κ2) is 6.99. The second-order valence-electron chi connectivity index (χ2n) is 4.39. The van der Waals surface area contributed by atoms with Gasteiger partial charge in [-0.3, -0.25) is 0 Å². The average Bonchev–Trinajstić information content (AvgIpc) is 2.99. The highest BCUT2D eigenvalue weighted by Gasteiger charge is 2.19. The molecule has 0 aliphatic rings. The van der Waals surface area contributed by atoms with Crippen LogP contribution in [0.3, 0.4) is 0 Å². The molecule has 1 aromatic heterocycles. The summed E-state index contributed by atoms with van der Waals surface area (Å²) in [4.78, 5) is 0. The molecule has 2 aromatic rings. The van der Waals surface area contributed by atoms with Crippen LogP contribution in [0, 0.1) is 0 Å². The summed E-state index contributed by atoms with van der Waals surface area (Å²) in [7, 11) is 4.69. The first-order chi connectivity index (χ1) is 10.2. The quantitative estimate of drug-likeness (QED) is 0.844. The largest absolute Gasteiger partial charge is 0.493 e. The molecule has 0 aliphatic carbocycles. The van der Waals surface area contributed by atoms with Gasteiger partial charge in [-0.05, 0) is 18.6 Å². The molecule has 0 atom stereocenters. The van der Waals surface area contributed by atoms with Gasteiger partial charge in [0.05, 0.1) is 21.3 Å². The van der Waals surface area contributed by atoms with Crippen LogP contribution >= 0.6 is 0 Å². The minimum atomic E-state index is 0.121. The fraction of sp³-hybridized carbons (Fsp3) is 0.400. The van der Waals surface area contributed by atoms with E-state index in [2.05, 4.69) is 5.16 Å². The zero-order chi connectivity index (χ0) is 15.2. The molecule has 0 fully saturated rings. The van der Waals surface area contributed by atoms with E-state index in [4.69, 9.17) is 23.8 Å². The number of aliphatic hydroxyl groups excluding tert-OH is 1. The fourth-order valence-corrected chi connectivity index (χ4v) is 2.11. The van der Waals surface area contributed by atoms with Crippen molar-refractivity contribution in [2.45, 2.75) is 12.8 Å². The number of hydrogen-bond acceptors (Lipinski definition) is 6. The predicted molar refractivity (Wildman–Crippen MR) is 77.0 cm³/mol. The topological polar surface area (TPSA) is 74.0 Å². The van der Waals surface area contributed by atoms with E-state index in [1.54, 1.807) is 27.4 Å². The summed E-state index contributed by atoms with van der Waals surface area (Å²) in [6.45, 7) is 0.121. The van der Waals surface area contributed by atoms with E-state index in [1.165, 1.54) is 0 Å². The zero-order valence-electron chi connectivity index (χ0n) is 12.4. The second-order valence-corrected chi connectivity index (χ2v) is 4.39. The van der Waals surface area contributed by atoms with Gasteiger partial charge in [0.25, 0.3) is 0 Å². The van der Waals surface area contributed by atoms with E-state index < -0.39 is 0 Å². The van der Waals surface area contributed by atoms with Crippen molar-refractivity contribution in [1.29, 1.82) is 0 Å². The Morgan fingerprint density at radius 1 is 1.10 bits per heavy atom. The molecule has 0 amide bonds. The smallest absolute Gasteiger partial charge is 0.203 e. The molecule has 2 rings (SSSR count). The number of nitrogens with zero attached hydrogens (tertiary/aromatic N) is 1. The summed E-state index contributed by atoms with van der Waals surface area (Å²) in [5.41, 5.74) is 1.41. The highest BCUT2D eigenvalue weighted by molar-refractivity contribution is 5.74. The van der Waals surface area contributed by atoms with Crippen LogP contribution in [-0.4, -0.2) is 38.2 Å². The van der Waals surface area contributed by atoms with Crippen molar-refractivity contribution in [3.05, 3.63) is 24.0 Å². The van der Waals surface area contributed by atoms with Crippen molar-refractivity contribution in [2.24, 2.45) is 0 Å². The van der Waals surface area contributed by atoms with Gasteiger partial charge in [0.15, 0.2) is 11.5 Å². The van der Waals surface area contributed by atoms with Crippen molar-refractivity contribution in [1.82, 2.24) is 5.16 Å². The number of aryl methyl sites for hydroxylation is 1. The Bertz CT molecular complexity index is 594. The normalized spacial score (nSPS) is 10.5. The van der Waals surface area contributed by atoms with Crippen LogP contribution in [0.4, 0.5) is 0 Å². The highest BCUT2D eigenvalue weighted by atomic mass is 16.5. The van der Waals surface area contributed by atoms with E-state index in [0.717, 1.165) is 11.3 Å². The molecule has 0 saturated carbocycles. The Hall–Kier alpha value is -2.21. The summed E-state index contributed by atoms with van der Waals surface area (Å²) in [5.74, 6) is 2.36. The fourth-order valence-electron chi connectivity index (χ4n) is 2.11. The molecule has 6 nitrogen and oxygen atoms in total. The van der Waals surface area contributed by atoms with Crippen molar-refractivity contribution >= 4 is 0 Å². The van der Waals surface area contributed by atoms with Gasteiger partial charge in [-0.1, -0.05) is 5.16 Å². The molecule has 0 saturated heterocycles. The minimum absolute atomic E-state index is 0.121. The molecule has 1 N–H and O–H groups in total.